The summed E-state index contributed by atoms with van der Waals surface area (Å²) in [5.74, 6) is -3.98. The molecule has 11 heteroatoms. The van der Waals surface area contributed by atoms with E-state index in [1.54, 1.807) is 34.6 Å². The Hall–Kier alpha value is -3.50. The summed E-state index contributed by atoms with van der Waals surface area (Å²) in [4.78, 5) is 47.9. The number of ether oxygens (including phenoxy) is 3. The standard InChI is InChI=1S/C21H29N3O8/c1-7-30-18(25)16(13(3)22-23-20(27)32-21(4,5)6)17(19(26)31-8-2)14-9-11-15(12-10-14)24(28)29/h9-12,16-17H,7-8H2,1-6H3,(H,23,27)/b22-13+. The van der Waals surface area contributed by atoms with E-state index in [1.165, 1.54) is 31.2 Å². The maximum Gasteiger partial charge on any atom is 0.428 e. The lowest BCUT2D eigenvalue weighted by Crippen LogP contribution is -2.37. The lowest BCUT2D eigenvalue weighted by atomic mass is 9.83. The van der Waals surface area contributed by atoms with E-state index in [-0.39, 0.29) is 24.6 Å². The summed E-state index contributed by atoms with van der Waals surface area (Å²) in [7, 11) is 0. The number of benzene rings is 1. The Bertz CT molecular complexity index is 859. The van der Waals surface area contributed by atoms with Crippen LogP contribution in [-0.4, -0.2) is 47.5 Å². The van der Waals surface area contributed by atoms with Crippen LogP contribution in [0.25, 0.3) is 0 Å². The second-order valence-electron chi connectivity index (χ2n) is 7.67. The van der Waals surface area contributed by atoms with Gasteiger partial charge < -0.3 is 14.2 Å². The zero-order valence-corrected chi connectivity index (χ0v) is 19.0. The third-order valence-corrected chi connectivity index (χ3v) is 4.05. The van der Waals surface area contributed by atoms with Gasteiger partial charge in [-0.2, -0.15) is 5.10 Å². The van der Waals surface area contributed by atoms with E-state index in [9.17, 15) is 24.5 Å². The molecule has 1 aromatic carbocycles. The van der Waals surface area contributed by atoms with Gasteiger partial charge in [-0.25, -0.2) is 10.2 Å². The number of carbonyl (C=O) groups excluding carboxylic acids is 3. The van der Waals surface area contributed by atoms with Crippen molar-refractivity contribution in [2.75, 3.05) is 13.2 Å². The third-order valence-electron chi connectivity index (χ3n) is 4.05. The largest absolute Gasteiger partial charge is 0.465 e. The molecule has 1 rings (SSSR count). The van der Waals surface area contributed by atoms with Crippen molar-refractivity contribution >= 4 is 29.4 Å². The van der Waals surface area contributed by atoms with Gasteiger partial charge in [-0.1, -0.05) is 12.1 Å². The highest BCUT2D eigenvalue weighted by Crippen LogP contribution is 2.30. The molecule has 0 spiro atoms. The highest BCUT2D eigenvalue weighted by atomic mass is 16.6. The predicted molar refractivity (Wildman–Crippen MR) is 115 cm³/mol. The lowest BCUT2D eigenvalue weighted by molar-refractivity contribution is -0.384. The van der Waals surface area contributed by atoms with Crippen LogP contribution in [0.15, 0.2) is 29.4 Å². The summed E-state index contributed by atoms with van der Waals surface area (Å²) in [6.45, 7) is 9.77. The average Bonchev–Trinajstić information content (AvgIpc) is 2.69. The maximum atomic E-state index is 12.8. The number of esters is 2. The van der Waals surface area contributed by atoms with E-state index in [2.05, 4.69) is 10.5 Å². The lowest BCUT2D eigenvalue weighted by Gasteiger charge is -2.24. The minimum atomic E-state index is -1.26. The molecule has 0 aliphatic heterocycles. The van der Waals surface area contributed by atoms with Crippen LogP contribution in [0.5, 0.6) is 0 Å². The fourth-order valence-electron chi connectivity index (χ4n) is 2.78. The van der Waals surface area contributed by atoms with Crippen molar-refractivity contribution in [2.24, 2.45) is 11.0 Å². The van der Waals surface area contributed by atoms with Crippen LogP contribution >= 0.6 is 0 Å². The Morgan fingerprint density at radius 2 is 1.59 bits per heavy atom. The smallest absolute Gasteiger partial charge is 0.428 e. The molecular weight excluding hydrogens is 422 g/mol. The number of hydrogen-bond acceptors (Lipinski definition) is 9. The summed E-state index contributed by atoms with van der Waals surface area (Å²) in [5, 5.41) is 14.9. The minimum Gasteiger partial charge on any atom is -0.465 e. The van der Waals surface area contributed by atoms with Crippen molar-refractivity contribution in [3.05, 3.63) is 39.9 Å². The first-order valence-electron chi connectivity index (χ1n) is 10.0. The SMILES string of the molecule is CCOC(=O)C(/C(C)=N/NC(=O)OC(C)(C)C)C(C(=O)OCC)c1ccc([N+](=O)[O-])cc1. The summed E-state index contributed by atoms with van der Waals surface area (Å²) in [6, 6.07) is 5.16. The Morgan fingerprint density at radius 3 is 2.06 bits per heavy atom. The molecule has 0 aliphatic carbocycles. The zero-order chi connectivity index (χ0) is 24.5. The van der Waals surface area contributed by atoms with Crippen LogP contribution in [-0.2, 0) is 23.8 Å². The molecule has 0 aliphatic rings. The second-order valence-corrected chi connectivity index (χ2v) is 7.67. The molecule has 1 N–H and O–H groups in total. The second kappa shape index (κ2) is 11.8. The third kappa shape index (κ3) is 7.97. The van der Waals surface area contributed by atoms with Gasteiger partial charge in [0, 0.05) is 12.1 Å². The number of rotatable bonds is 9. The molecule has 11 nitrogen and oxygen atoms in total. The number of carbonyl (C=O) groups is 3. The maximum absolute atomic E-state index is 12.8. The van der Waals surface area contributed by atoms with Crippen LogP contribution in [0, 0.1) is 16.0 Å². The molecule has 1 aromatic rings. The van der Waals surface area contributed by atoms with Gasteiger partial charge in [-0.3, -0.25) is 19.7 Å². The van der Waals surface area contributed by atoms with E-state index >= 15 is 0 Å². The van der Waals surface area contributed by atoms with Gasteiger partial charge in [-0.15, -0.1) is 0 Å². The normalized spacial score (nSPS) is 13.5. The molecule has 0 bridgehead atoms. The van der Waals surface area contributed by atoms with Gasteiger partial charge in [0.05, 0.1) is 23.8 Å². The van der Waals surface area contributed by atoms with Crippen molar-refractivity contribution in [3.8, 4) is 0 Å². The minimum absolute atomic E-state index is 0.0396. The van der Waals surface area contributed by atoms with Gasteiger partial charge in [-0.05, 0) is 47.1 Å². The van der Waals surface area contributed by atoms with Gasteiger partial charge in [0.25, 0.3) is 5.69 Å². The molecular formula is C21H29N3O8. The van der Waals surface area contributed by atoms with Crippen LogP contribution in [0.2, 0.25) is 0 Å². The molecule has 0 fully saturated rings. The highest BCUT2D eigenvalue weighted by Gasteiger charge is 2.40. The number of nitrogens with zero attached hydrogens (tertiary/aromatic N) is 2. The summed E-state index contributed by atoms with van der Waals surface area (Å²) >= 11 is 0. The number of nitrogens with one attached hydrogen (secondary N) is 1. The van der Waals surface area contributed by atoms with Gasteiger partial charge >= 0.3 is 18.0 Å². The van der Waals surface area contributed by atoms with Crippen LogP contribution < -0.4 is 5.43 Å². The Balaban J connectivity index is 3.40. The molecule has 0 saturated carbocycles. The molecule has 1 amide bonds. The van der Waals surface area contributed by atoms with Crippen molar-refractivity contribution in [1.82, 2.24) is 5.43 Å². The Kier molecular flexibility index (Phi) is 9.76. The topological polar surface area (TPSA) is 146 Å². The molecule has 176 valence electrons. The van der Waals surface area contributed by atoms with Crippen molar-refractivity contribution in [3.63, 3.8) is 0 Å². The molecule has 0 saturated heterocycles. The fourth-order valence-corrected chi connectivity index (χ4v) is 2.78. The molecule has 2 unspecified atom stereocenters. The number of hydrazone groups is 1. The molecule has 0 radical (unpaired) electrons. The van der Waals surface area contributed by atoms with Crippen LogP contribution in [0.1, 0.15) is 53.0 Å². The van der Waals surface area contributed by atoms with Crippen molar-refractivity contribution in [1.29, 1.82) is 0 Å². The van der Waals surface area contributed by atoms with E-state index in [4.69, 9.17) is 14.2 Å². The first-order valence-corrected chi connectivity index (χ1v) is 10.0. The summed E-state index contributed by atoms with van der Waals surface area (Å²) < 4.78 is 15.4. The Morgan fingerprint density at radius 1 is 1.06 bits per heavy atom. The van der Waals surface area contributed by atoms with Gasteiger partial charge in [0.2, 0.25) is 0 Å². The van der Waals surface area contributed by atoms with Crippen LogP contribution in [0.3, 0.4) is 0 Å². The Labute approximate surface area is 186 Å². The van der Waals surface area contributed by atoms with E-state index in [0.29, 0.717) is 5.56 Å². The van der Waals surface area contributed by atoms with Crippen molar-refractivity contribution in [2.45, 2.75) is 53.1 Å². The molecule has 0 heterocycles. The molecule has 2 atom stereocenters. The number of nitro groups is 1. The zero-order valence-electron chi connectivity index (χ0n) is 19.0. The quantitative estimate of drug-likeness (QED) is 0.198. The first-order chi connectivity index (χ1) is 14.9. The highest BCUT2D eigenvalue weighted by molar-refractivity contribution is 6.06. The number of amides is 1. The predicted octanol–water partition coefficient (Wildman–Crippen LogP) is 3.32. The van der Waals surface area contributed by atoms with Gasteiger partial charge in [0.1, 0.15) is 17.4 Å². The number of non-ortho nitro benzene ring substituents is 1. The van der Waals surface area contributed by atoms with Crippen LogP contribution in [0.4, 0.5) is 10.5 Å². The van der Waals surface area contributed by atoms with E-state index in [0.717, 1.165) is 0 Å². The molecule has 32 heavy (non-hydrogen) atoms. The van der Waals surface area contributed by atoms with Gasteiger partial charge in [0.15, 0.2) is 0 Å². The van der Waals surface area contributed by atoms with E-state index < -0.39 is 40.4 Å². The summed E-state index contributed by atoms with van der Waals surface area (Å²) in [5.41, 5.74) is 1.60. The monoisotopic (exact) mass is 451 g/mol. The molecule has 0 aromatic heterocycles. The fraction of sp³-hybridized carbons (Fsp3) is 0.524. The first kappa shape index (κ1) is 26.5. The van der Waals surface area contributed by atoms with Crippen molar-refractivity contribution < 1.29 is 33.5 Å². The van der Waals surface area contributed by atoms with E-state index in [1.807, 2.05) is 0 Å². The average molecular weight is 451 g/mol. The number of hydrogen-bond donors (Lipinski definition) is 1. The number of nitro benzene ring substituents is 1. The summed E-state index contributed by atoms with van der Waals surface area (Å²) in [6.07, 6.45) is -0.845.